The highest BCUT2D eigenvalue weighted by atomic mass is 79.9. The first-order chi connectivity index (χ1) is 7.74. The van der Waals surface area contributed by atoms with Crippen LogP contribution in [0.5, 0.6) is 0 Å². The molecule has 0 spiro atoms. The van der Waals surface area contributed by atoms with Crippen molar-refractivity contribution in [1.82, 2.24) is 0 Å². The quantitative estimate of drug-likeness (QED) is 0.928. The molecule has 6 heteroatoms. The van der Waals surface area contributed by atoms with Crippen LogP contribution in [0.15, 0.2) is 15.9 Å². The summed E-state index contributed by atoms with van der Waals surface area (Å²) in [5.74, 6) is -1.17. The van der Waals surface area contributed by atoms with Gasteiger partial charge in [-0.25, -0.2) is 0 Å². The molecule has 0 aliphatic rings. The van der Waals surface area contributed by atoms with Gasteiger partial charge in [-0.3, -0.25) is 9.59 Å². The van der Waals surface area contributed by atoms with Crippen LogP contribution < -0.4 is 4.90 Å². The van der Waals surface area contributed by atoms with Crippen LogP contribution in [0.3, 0.4) is 0 Å². The van der Waals surface area contributed by atoms with E-state index in [1.54, 1.807) is 20.9 Å². The number of hydrogen-bond donors (Lipinski definition) is 1. The number of aliphatic carboxylic acids is 1. The molecule has 0 radical (unpaired) electrons. The minimum absolute atomic E-state index is 0.0195. The third-order valence-electron chi connectivity index (χ3n) is 2.44. The summed E-state index contributed by atoms with van der Waals surface area (Å²) in [4.78, 5) is 24.4. The van der Waals surface area contributed by atoms with Gasteiger partial charge in [0.1, 0.15) is 0 Å². The molecule has 0 fully saturated rings. The SMILES string of the molecule is CN(C(=O)CC(C)(C)C(=O)O)c1ccc(Br)s1. The van der Waals surface area contributed by atoms with Crippen molar-refractivity contribution in [2.75, 3.05) is 11.9 Å². The fraction of sp³-hybridized carbons (Fsp3) is 0.455. The second-order valence-electron chi connectivity index (χ2n) is 4.40. The zero-order valence-corrected chi connectivity index (χ0v) is 12.3. The van der Waals surface area contributed by atoms with Crippen LogP contribution in [0.1, 0.15) is 20.3 Å². The van der Waals surface area contributed by atoms with Gasteiger partial charge < -0.3 is 10.0 Å². The highest BCUT2D eigenvalue weighted by Crippen LogP contribution is 2.31. The molecule has 1 rings (SSSR count). The molecule has 0 saturated carbocycles. The van der Waals surface area contributed by atoms with Crippen LogP contribution in [-0.2, 0) is 9.59 Å². The van der Waals surface area contributed by atoms with Gasteiger partial charge >= 0.3 is 5.97 Å². The second kappa shape index (κ2) is 5.18. The van der Waals surface area contributed by atoms with E-state index in [-0.39, 0.29) is 12.3 Å². The Kier molecular flexibility index (Phi) is 4.32. The number of rotatable bonds is 4. The molecular formula is C11H14BrNO3S. The van der Waals surface area contributed by atoms with Crippen molar-refractivity contribution in [2.45, 2.75) is 20.3 Å². The Bertz CT molecular complexity index is 442. The van der Waals surface area contributed by atoms with Crippen LogP contribution in [0.4, 0.5) is 5.00 Å². The maximum Gasteiger partial charge on any atom is 0.309 e. The summed E-state index contributed by atoms with van der Waals surface area (Å²) in [5, 5.41) is 9.77. The van der Waals surface area contributed by atoms with E-state index in [4.69, 9.17) is 5.11 Å². The summed E-state index contributed by atoms with van der Waals surface area (Å²) in [6, 6.07) is 3.67. The van der Waals surface area contributed by atoms with Crippen LogP contribution in [0.2, 0.25) is 0 Å². The lowest BCUT2D eigenvalue weighted by Crippen LogP contribution is -2.34. The number of carbonyl (C=O) groups is 2. The molecule has 1 N–H and O–H groups in total. The number of nitrogens with zero attached hydrogens (tertiary/aromatic N) is 1. The summed E-state index contributed by atoms with van der Waals surface area (Å²) >= 11 is 4.75. The van der Waals surface area contributed by atoms with Crippen LogP contribution in [0, 0.1) is 5.41 Å². The molecular weight excluding hydrogens is 306 g/mol. The van der Waals surface area contributed by atoms with E-state index in [0.29, 0.717) is 0 Å². The van der Waals surface area contributed by atoms with Gasteiger partial charge in [0.15, 0.2) is 0 Å². The van der Waals surface area contributed by atoms with Gasteiger partial charge in [0.2, 0.25) is 5.91 Å². The number of halogens is 1. The average molecular weight is 320 g/mol. The molecule has 0 aromatic carbocycles. The lowest BCUT2D eigenvalue weighted by molar-refractivity contribution is -0.149. The first kappa shape index (κ1) is 14.2. The van der Waals surface area contributed by atoms with E-state index >= 15 is 0 Å². The van der Waals surface area contributed by atoms with Crippen molar-refractivity contribution in [1.29, 1.82) is 0 Å². The van der Waals surface area contributed by atoms with Crippen LogP contribution in [0.25, 0.3) is 0 Å². The predicted molar refractivity (Wildman–Crippen MR) is 71.5 cm³/mol. The lowest BCUT2D eigenvalue weighted by Gasteiger charge is -2.22. The zero-order valence-electron chi connectivity index (χ0n) is 9.86. The molecule has 0 bridgehead atoms. The fourth-order valence-corrected chi connectivity index (χ4v) is 2.52. The maximum absolute atomic E-state index is 11.9. The number of carboxylic acids is 1. The molecule has 0 atom stereocenters. The maximum atomic E-state index is 11.9. The Morgan fingerprint density at radius 1 is 1.47 bits per heavy atom. The van der Waals surface area contributed by atoms with Gasteiger partial charge in [-0.1, -0.05) is 0 Å². The minimum atomic E-state index is -1.04. The molecule has 17 heavy (non-hydrogen) atoms. The minimum Gasteiger partial charge on any atom is -0.481 e. The first-order valence-corrected chi connectivity index (χ1v) is 6.60. The third-order valence-corrected chi connectivity index (χ3v) is 4.14. The monoisotopic (exact) mass is 319 g/mol. The van der Waals surface area contributed by atoms with E-state index in [9.17, 15) is 9.59 Å². The second-order valence-corrected chi connectivity index (χ2v) is 6.84. The molecule has 1 heterocycles. The number of amides is 1. The number of hydrogen-bond acceptors (Lipinski definition) is 3. The molecule has 0 aliphatic carbocycles. The number of carbonyl (C=O) groups excluding carboxylic acids is 1. The normalized spacial score (nSPS) is 11.3. The Morgan fingerprint density at radius 3 is 2.47 bits per heavy atom. The summed E-state index contributed by atoms with van der Waals surface area (Å²) in [6.45, 7) is 3.09. The van der Waals surface area contributed by atoms with Crippen LogP contribution in [-0.4, -0.2) is 24.0 Å². The molecule has 1 amide bonds. The van der Waals surface area contributed by atoms with Crippen molar-refractivity contribution in [3.63, 3.8) is 0 Å². The van der Waals surface area contributed by atoms with Crippen molar-refractivity contribution >= 4 is 44.1 Å². The molecule has 0 saturated heterocycles. The van der Waals surface area contributed by atoms with Crippen molar-refractivity contribution < 1.29 is 14.7 Å². The Labute approximate surface area is 112 Å². The largest absolute Gasteiger partial charge is 0.481 e. The van der Waals surface area contributed by atoms with Crippen molar-refractivity contribution in [2.24, 2.45) is 5.41 Å². The summed E-state index contributed by atoms with van der Waals surface area (Å²) < 4.78 is 0.935. The van der Waals surface area contributed by atoms with Gasteiger partial charge in [-0.2, -0.15) is 0 Å². The van der Waals surface area contributed by atoms with Crippen LogP contribution >= 0.6 is 27.3 Å². The molecule has 1 aromatic rings. The molecule has 0 unspecified atom stereocenters. The van der Waals surface area contributed by atoms with Crippen molar-refractivity contribution in [3.8, 4) is 0 Å². The zero-order chi connectivity index (χ0) is 13.2. The lowest BCUT2D eigenvalue weighted by atomic mass is 9.89. The Morgan fingerprint density at radius 2 is 2.06 bits per heavy atom. The Balaban J connectivity index is 2.75. The average Bonchev–Trinajstić information content (AvgIpc) is 2.62. The number of carboxylic acid groups (broad SMARTS) is 1. The highest BCUT2D eigenvalue weighted by Gasteiger charge is 2.31. The predicted octanol–water partition coefficient (Wildman–Crippen LogP) is 2.97. The van der Waals surface area contributed by atoms with E-state index in [2.05, 4.69) is 15.9 Å². The third kappa shape index (κ3) is 3.54. The summed E-state index contributed by atoms with van der Waals surface area (Å²) in [5.41, 5.74) is -1.04. The standard InChI is InChI=1S/C11H14BrNO3S/c1-11(2,10(15)16)6-8(14)13(3)9-5-4-7(12)17-9/h4-5H,6H2,1-3H3,(H,15,16). The molecule has 0 aliphatic heterocycles. The van der Waals surface area contributed by atoms with Gasteiger partial charge in [0, 0.05) is 13.5 Å². The van der Waals surface area contributed by atoms with Crippen molar-refractivity contribution in [3.05, 3.63) is 15.9 Å². The van der Waals surface area contributed by atoms with Gasteiger partial charge in [0.05, 0.1) is 14.2 Å². The summed E-state index contributed by atoms with van der Waals surface area (Å²) in [7, 11) is 1.65. The number of anilines is 1. The smallest absolute Gasteiger partial charge is 0.309 e. The van der Waals surface area contributed by atoms with Gasteiger partial charge in [-0.05, 0) is 41.9 Å². The topological polar surface area (TPSA) is 57.6 Å². The highest BCUT2D eigenvalue weighted by molar-refractivity contribution is 9.11. The molecule has 1 aromatic heterocycles. The van der Waals surface area contributed by atoms with E-state index in [1.807, 2.05) is 12.1 Å². The van der Waals surface area contributed by atoms with E-state index in [0.717, 1.165) is 8.79 Å². The first-order valence-electron chi connectivity index (χ1n) is 4.99. The Hall–Kier alpha value is -0.880. The molecule has 4 nitrogen and oxygen atoms in total. The van der Waals surface area contributed by atoms with Gasteiger partial charge in [0.25, 0.3) is 0 Å². The van der Waals surface area contributed by atoms with E-state index in [1.165, 1.54) is 16.2 Å². The summed E-state index contributed by atoms with van der Waals surface area (Å²) in [6.07, 6.45) is -0.0195. The fourth-order valence-electron chi connectivity index (χ4n) is 1.18. The van der Waals surface area contributed by atoms with Gasteiger partial charge in [-0.15, -0.1) is 11.3 Å². The van der Waals surface area contributed by atoms with E-state index < -0.39 is 11.4 Å². The number of thiophene rings is 1. The molecule has 94 valence electrons.